The topological polar surface area (TPSA) is 86.1 Å². The number of hydrogen-bond donors (Lipinski definition) is 1. The van der Waals surface area contributed by atoms with Gasteiger partial charge in [0.05, 0.1) is 41.0 Å². The molecule has 0 unspecified atom stereocenters. The lowest BCUT2D eigenvalue weighted by molar-refractivity contribution is -0.116. The average Bonchev–Trinajstić information content (AvgIpc) is 2.99. The normalized spacial score (nSPS) is 13.7. The van der Waals surface area contributed by atoms with Gasteiger partial charge in [-0.2, -0.15) is 0 Å². The number of thiazole rings is 1. The Bertz CT molecular complexity index is 955. The van der Waals surface area contributed by atoms with Crippen LogP contribution in [-0.4, -0.2) is 27.0 Å². The first kappa shape index (κ1) is 15.0. The smallest absolute Gasteiger partial charge is 0.261 e. The molecule has 0 aliphatic carbocycles. The zero-order chi connectivity index (χ0) is 16.5. The van der Waals surface area contributed by atoms with E-state index < -0.39 is 0 Å². The van der Waals surface area contributed by atoms with E-state index in [1.807, 2.05) is 6.07 Å². The molecule has 24 heavy (non-hydrogen) atoms. The second-order valence-electron chi connectivity index (χ2n) is 5.43. The van der Waals surface area contributed by atoms with E-state index in [9.17, 15) is 9.59 Å². The van der Waals surface area contributed by atoms with Gasteiger partial charge in [0, 0.05) is 6.42 Å². The third-order valence-corrected chi connectivity index (χ3v) is 4.77. The molecule has 122 valence electrons. The second-order valence-corrected chi connectivity index (χ2v) is 6.52. The molecule has 0 atom stereocenters. The van der Waals surface area contributed by atoms with E-state index in [0.717, 1.165) is 17.0 Å². The summed E-state index contributed by atoms with van der Waals surface area (Å²) in [5.41, 5.74) is 1.36. The maximum atomic E-state index is 12.4. The number of aromatic nitrogens is 3. The van der Waals surface area contributed by atoms with Gasteiger partial charge in [-0.15, -0.1) is 0 Å². The molecule has 1 aliphatic rings. The molecule has 8 heteroatoms. The van der Waals surface area contributed by atoms with Crippen LogP contribution in [0.3, 0.4) is 0 Å². The first-order valence-electron chi connectivity index (χ1n) is 7.51. The molecule has 0 saturated heterocycles. The quantitative estimate of drug-likeness (QED) is 0.781. The Morgan fingerprint density at radius 2 is 2.25 bits per heavy atom. The highest BCUT2D eigenvalue weighted by Crippen LogP contribution is 2.26. The predicted octanol–water partition coefficient (Wildman–Crippen LogP) is 1.56. The Morgan fingerprint density at radius 3 is 3.12 bits per heavy atom. The third-order valence-electron chi connectivity index (χ3n) is 3.79. The summed E-state index contributed by atoms with van der Waals surface area (Å²) in [4.78, 5) is 34.3. The largest absolute Gasteiger partial charge is 0.375 e. The minimum absolute atomic E-state index is 0.0998. The monoisotopic (exact) mass is 342 g/mol. The van der Waals surface area contributed by atoms with Crippen LogP contribution in [0.15, 0.2) is 35.4 Å². The fourth-order valence-electron chi connectivity index (χ4n) is 2.61. The molecule has 1 amide bonds. The summed E-state index contributed by atoms with van der Waals surface area (Å²) in [5.74, 6) is -0.304. The molecule has 0 radical (unpaired) electrons. The van der Waals surface area contributed by atoms with Crippen molar-refractivity contribution in [2.45, 2.75) is 19.6 Å². The number of anilines is 1. The number of ether oxygens (including phenoxy) is 1. The first-order valence-corrected chi connectivity index (χ1v) is 8.33. The van der Waals surface area contributed by atoms with Gasteiger partial charge in [0.15, 0.2) is 5.13 Å². The zero-order valence-corrected chi connectivity index (χ0v) is 13.5. The highest BCUT2D eigenvalue weighted by Gasteiger charge is 2.17. The van der Waals surface area contributed by atoms with Gasteiger partial charge >= 0.3 is 0 Å². The van der Waals surface area contributed by atoms with Crippen molar-refractivity contribution < 1.29 is 9.53 Å². The number of amides is 1. The summed E-state index contributed by atoms with van der Waals surface area (Å²) in [6.07, 6.45) is 2.15. The van der Waals surface area contributed by atoms with Crippen LogP contribution in [0.25, 0.3) is 10.9 Å². The summed E-state index contributed by atoms with van der Waals surface area (Å²) < 4.78 is 6.67. The van der Waals surface area contributed by atoms with Crippen molar-refractivity contribution in [3.8, 4) is 0 Å². The molecule has 0 bridgehead atoms. The van der Waals surface area contributed by atoms with Crippen LogP contribution in [0.4, 0.5) is 5.13 Å². The lowest BCUT2D eigenvalue weighted by atomic mass is 10.2. The van der Waals surface area contributed by atoms with Crippen LogP contribution in [0.2, 0.25) is 0 Å². The van der Waals surface area contributed by atoms with E-state index in [1.54, 1.807) is 18.2 Å². The molecule has 1 aromatic carbocycles. The van der Waals surface area contributed by atoms with Crippen molar-refractivity contribution in [3.05, 3.63) is 51.5 Å². The van der Waals surface area contributed by atoms with Gasteiger partial charge in [-0.05, 0) is 12.1 Å². The van der Waals surface area contributed by atoms with Crippen molar-refractivity contribution in [1.29, 1.82) is 0 Å². The number of hydrogen-bond acceptors (Lipinski definition) is 6. The first-order chi connectivity index (χ1) is 11.7. The number of nitrogens with zero attached hydrogens (tertiary/aromatic N) is 3. The minimum atomic E-state index is -0.304. The van der Waals surface area contributed by atoms with Gasteiger partial charge in [-0.25, -0.2) is 9.97 Å². The molecular weight excluding hydrogens is 328 g/mol. The number of benzene rings is 1. The fourth-order valence-corrected chi connectivity index (χ4v) is 3.57. The standard InChI is InChI=1S/C16H14N4O3S/c21-14(19-16-18-12-5-6-23-8-13(12)24-16)7-20-9-17-11-4-2-1-3-10(11)15(20)22/h1-4,9H,5-8H2,(H,18,19,21). The van der Waals surface area contributed by atoms with Crippen molar-refractivity contribution in [1.82, 2.24) is 14.5 Å². The van der Waals surface area contributed by atoms with Crippen molar-refractivity contribution >= 4 is 33.3 Å². The number of fused-ring (bicyclic) bond motifs is 2. The van der Waals surface area contributed by atoms with E-state index in [1.165, 1.54) is 22.2 Å². The highest BCUT2D eigenvalue weighted by molar-refractivity contribution is 7.15. The van der Waals surface area contributed by atoms with Crippen LogP contribution in [0.1, 0.15) is 10.6 Å². The molecule has 4 rings (SSSR count). The lowest BCUT2D eigenvalue weighted by Crippen LogP contribution is -2.27. The number of rotatable bonds is 3. The van der Waals surface area contributed by atoms with Crippen LogP contribution in [0.5, 0.6) is 0 Å². The Hall–Kier alpha value is -2.58. The molecule has 2 aromatic heterocycles. The maximum absolute atomic E-state index is 12.4. The van der Waals surface area contributed by atoms with E-state index in [4.69, 9.17) is 4.74 Å². The summed E-state index contributed by atoms with van der Waals surface area (Å²) >= 11 is 1.41. The van der Waals surface area contributed by atoms with Gasteiger partial charge in [-0.3, -0.25) is 14.2 Å². The Labute approximate surface area is 140 Å². The van der Waals surface area contributed by atoms with Crippen LogP contribution < -0.4 is 10.9 Å². The number of carbonyl (C=O) groups is 1. The maximum Gasteiger partial charge on any atom is 0.261 e. The van der Waals surface area contributed by atoms with E-state index >= 15 is 0 Å². The van der Waals surface area contributed by atoms with Crippen LogP contribution >= 0.6 is 11.3 Å². The van der Waals surface area contributed by atoms with E-state index in [2.05, 4.69) is 15.3 Å². The van der Waals surface area contributed by atoms with E-state index in [-0.39, 0.29) is 18.0 Å². The number of nitrogens with one attached hydrogen (secondary N) is 1. The van der Waals surface area contributed by atoms with Gasteiger partial charge in [0.25, 0.3) is 5.56 Å². The fraction of sp³-hybridized carbons (Fsp3) is 0.250. The summed E-state index contributed by atoms with van der Waals surface area (Å²) in [5, 5.41) is 3.78. The second kappa shape index (κ2) is 6.14. The summed E-state index contributed by atoms with van der Waals surface area (Å²) in [7, 11) is 0. The molecule has 7 nitrogen and oxygen atoms in total. The molecular formula is C16H14N4O3S. The molecule has 0 fully saturated rings. The molecule has 0 spiro atoms. The average molecular weight is 342 g/mol. The van der Waals surface area contributed by atoms with E-state index in [0.29, 0.717) is 29.2 Å². The molecule has 1 aliphatic heterocycles. The van der Waals surface area contributed by atoms with Crippen LogP contribution in [0, 0.1) is 0 Å². The van der Waals surface area contributed by atoms with Gasteiger partial charge < -0.3 is 10.1 Å². The Morgan fingerprint density at radius 1 is 1.38 bits per heavy atom. The van der Waals surface area contributed by atoms with Crippen molar-refractivity contribution in [3.63, 3.8) is 0 Å². The summed E-state index contributed by atoms with van der Waals surface area (Å²) in [6.45, 7) is 1.09. The van der Waals surface area contributed by atoms with Crippen molar-refractivity contribution in [2.24, 2.45) is 0 Å². The Balaban J connectivity index is 1.53. The zero-order valence-electron chi connectivity index (χ0n) is 12.7. The number of para-hydroxylation sites is 1. The van der Waals surface area contributed by atoms with Gasteiger partial charge in [0.1, 0.15) is 6.54 Å². The third kappa shape index (κ3) is 2.81. The van der Waals surface area contributed by atoms with Gasteiger partial charge in [0.2, 0.25) is 5.91 Å². The predicted molar refractivity (Wildman–Crippen MR) is 90.1 cm³/mol. The minimum Gasteiger partial charge on any atom is -0.375 e. The number of carbonyl (C=O) groups excluding carboxylic acids is 1. The van der Waals surface area contributed by atoms with Crippen LogP contribution in [-0.2, 0) is 29.1 Å². The Kier molecular flexibility index (Phi) is 3.83. The molecule has 1 N–H and O–H groups in total. The highest BCUT2D eigenvalue weighted by atomic mass is 32.1. The van der Waals surface area contributed by atoms with Crippen molar-refractivity contribution in [2.75, 3.05) is 11.9 Å². The summed E-state index contributed by atoms with van der Waals surface area (Å²) in [6, 6.07) is 7.06. The lowest BCUT2D eigenvalue weighted by Gasteiger charge is -2.08. The SMILES string of the molecule is O=C(Cn1cnc2ccccc2c1=O)Nc1nc2c(s1)COCC2. The molecule has 3 aromatic rings. The molecule has 3 heterocycles. The molecule has 0 saturated carbocycles. The van der Waals surface area contributed by atoms with Gasteiger partial charge in [-0.1, -0.05) is 23.5 Å².